The third-order valence-electron chi connectivity index (χ3n) is 3.83. The average Bonchev–Trinajstić information content (AvgIpc) is 2.67. The first-order chi connectivity index (χ1) is 13.1. The quantitative estimate of drug-likeness (QED) is 0.294. The number of benzene rings is 3. The van der Waals surface area contributed by atoms with Gasteiger partial charge in [-0.25, -0.2) is 0 Å². The summed E-state index contributed by atoms with van der Waals surface area (Å²) in [5, 5.41) is 10.3. The summed E-state index contributed by atoms with van der Waals surface area (Å²) < 4.78 is 6.74. The molecule has 0 unspecified atom stereocenters. The van der Waals surface area contributed by atoms with E-state index in [4.69, 9.17) is 27.9 Å². The molecular weight excluding hydrogens is 445 g/mol. The second-order valence-electron chi connectivity index (χ2n) is 5.76. The van der Waals surface area contributed by atoms with Gasteiger partial charge in [0.1, 0.15) is 6.61 Å². The largest absolute Gasteiger partial charge is 0.486 e. The maximum Gasteiger partial charge on any atom is 0.157 e. The van der Waals surface area contributed by atoms with Gasteiger partial charge in [0.2, 0.25) is 0 Å². The molecule has 2 nitrogen and oxygen atoms in total. The Morgan fingerprint density at radius 1 is 1.00 bits per heavy atom. The van der Waals surface area contributed by atoms with Crippen LogP contribution < -0.4 is 4.74 Å². The van der Waals surface area contributed by atoms with Crippen molar-refractivity contribution in [3.8, 4) is 11.8 Å². The summed E-state index contributed by atoms with van der Waals surface area (Å²) in [6.45, 7) is 0.373. The Morgan fingerprint density at radius 3 is 2.22 bits per heavy atom. The number of hydrogen-bond acceptors (Lipinski definition) is 2. The van der Waals surface area contributed by atoms with Gasteiger partial charge in [-0.1, -0.05) is 81.6 Å². The molecule has 27 heavy (non-hydrogen) atoms. The topological polar surface area (TPSA) is 33.0 Å². The predicted molar refractivity (Wildman–Crippen MR) is 115 cm³/mol. The van der Waals surface area contributed by atoms with Crippen LogP contribution in [0.15, 0.2) is 71.2 Å². The van der Waals surface area contributed by atoms with E-state index >= 15 is 0 Å². The Balaban J connectivity index is 1.85. The van der Waals surface area contributed by atoms with E-state index in [2.05, 4.69) is 22.0 Å². The Labute approximate surface area is 176 Å². The van der Waals surface area contributed by atoms with E-state index in [0.29, 0.717) is 28.0 Å². The maximum atomic E-state index is 9.49. The fourth-order valence-corrected chi connectivity index (χ4v) is 3.38. The van der Waals surface area contributed by atoms with E-state index in [1.807, 2.05) is 54.6 Å². The Bertz CT molecular complexity index is 986. The number of hydrogen-bond donors (Lipinski definition) is 0. The first-order valence-corrected chi connectivity index (χ1v) is 9.65. The smallest absolute Gasteiger partial charge is 0.157 e. The standard InChI is InChI=1S/C22H14BrCl2NO/c23-19-8-6-17(7-9-19)18(13-26)10-16-11-20(24)22(21(25)12-16)27-14-15-4-2-1-3-5-15/h1-12H,14H2/b18-10+. The summed E-state index contributed by atoms with van der Waals surface area (Å²) in [6, 6.07) is 23.0. The molecular formula is C22H14BrCl2NO. The fourth-order valence-electron chi connectivity index (χ4n) is 2.51. The molecule has 0 aliphatic carbocycles. The van der Waals surface area contributed by atoms with E-state index in [9.17, 15) is 5.26 Å². The lowest BCUT2D eigenvalue weighted by molar-refractivity contribution is 0.306. The van der Waals surface area contributed by atoms with Gasteiger partial charge >= 0.3 is 0 Å². The number of allylic oxidation sites excluding steroid dienone is 1. The number of nitriles is 1. The molecule has 134 valence electrons. The van der Waals surface area contributed by atoms with E-state index < -0.39 is 0 Å². The van der Waals surface area contributed by atoms with Crippen molar-refractivity contribution in [3.63, 3.8) is 0 Å². The van der Waals surface area contributed by atoms with Crippen LogP contribution in [0.3, 0.4) is 0 Å². The minimum absolute atomic E-state index is 0.373. The third kappa shape index (κ3) is 5.14. The van der Waals surface area contributed by atoms with Crippen molar-refractivity contribution < 1.29 is 4.74 Å². The highest BCUT2D eigenvalue weighted by atomic mass is 79.9. The Morgan fingerprint density at radius 2 is 1.63 bits per heavy atom. The van der Waals surface area contributed by atoms with Gasteiger partial charge in [-0.05, 0) is 47.0 Å². The summed E-state index contributed by atoms with van der Waals surface area (Å²) in [5.74, 6) is 0.432. The van der Waals surface area contributed by atoms with Gasteiger partial charge in [0, 0.05) is 4.47 Å². The predicted octanol–water partition coefficient (Wildman–Crippen LogP) is 7.40. The molecule has 3 rings (SSSR count). The zero-order chi connectivity index (χ0) is 19.2. The van der Waals surface area contributed by atoms with Crippen LogP contribution in [0.25, 0.3) is 11.6 Å². The second kappa shape index (κ2) is 9.10. The van der Waals surface area contributed by atoms with E-state index in [-0.39, 0.29) is 0 Å². The van der Waals surface area contributed by atoms with Crippen LogP contribution >= 0.6 is 39.1 Å². The molecule has 0 fully saturated rings. The van der Waals surface area contributed by atoms with Crippen LogP contribution in [0, 0.1) is 11.3 Å². The van der Waals surface area contributed by atoms with Crippen LogP contribution in [0.5, 0.6) is 5.75 Å². The molecule has 0 atom stereocenters. The molecule has 5 heteroatoms. The lowest BCUT2D eigenvalue weighted by Crippen LogP contribution is -1.96. The first kappa shape index (κ1) is 19.5. The molecule has 0 heterocycles. The average molecular weight is 459 g/mol. The van der Waals surface area contributed by atoms with Gasteiger partial charge in [0.15, 0.2) is 5.75 Å². The summed E-state index contributed by atoms with van der Waals surface area (Å²) in [6.07, 6.45) is 1.75. The zero-order valence-corrected chi connectivity index (χ0v) is 17.2. The van der Waals surface area contributed by atoms with E-state index in [0.717, 1.165) is 21.2 Å². The fraction of sp³-hybridized carbons (Fsp3) is 0.0455. The van der Waals surface area contributed by atoms with Crippen molar-refractivity contribution in [2.24, 2.45) is 0 Å². The number of nitrogens with zero attached hydrogens (tertiary/aromatic N) is 1. The second-order valence-corrected chi connectivity index (χ2v) is 7.49. The monoisotopic (exact) mass is 457 g/mol. The maximum absolute atomic E-state index is 9.49. The van der Waals surface area contributed by atoms with Crippen molar-refractivity contribution in [1.29, 1.82) is 5.26 Å². The van der Waals surface area contributed by atoms with Gasteiger partial charge in [0.05, 0.1) is 21.7 Å². The number of ether oxygens (including phenoxy) is 1. The van der Waals surface area contributed by atoms with Crippen molar-refractivity contribution in [3.05, 3.63) is 97.9 Å². The van der Waals surface area contributed by atoms with Crippen molar-refractivity contribution >= 4 is 50.8 Å². The highest BCUT2D eigenvalue weighted by Gasteiger charge is 2.10. The van der Waals surface area contributed by atoms with Gasteiger partial charge < -0.3 is 4.74 Å². The summed E-state index contributed by atoms with van der Waals surface area (Å²) in [7, 11) is 0. The Hall–Kier alpha value is -2.25. The van der Waals surface area contributed by atoms with Crippen molar-refractivity contribution in [2.45, 2.75) is 6.61 Å². The molecule has 3 aromatic rings. The minimum Gasteiger partial charge on any atom is -0.486 e. The van der Waals surface area contributed by atoms with Gasteiger partial charge in [-0.15, -0.1) is 0 Å². The van der Waals surface area contributed by atoms with E-state index in [1.54, 1.807) is 18.2 Å². The summed E-state index contributed by atoms with van der Waals surface area (Å²) >= 11 is 16.1. The summed E-state index contributed by atoms with van der Waals surface area (Å²) in [4.78, 5) is 0. The number of halogens is 3. The highest BCUT2D eigenvalue weighted by Crippen LogP contribution is 2.36. The van der Waals surface area contributed by atoms with Crippen molar-refractivity contribution in [2.75, 3.05) is 0 Å². The lowest BCUT2D eigenvalue weighted by Gasteiger charge is -2.11. The SMILES string of the molecule is N#C/C(=C\c1cc(Cl)c(OCc2ccccc2)c(Cl)c1)c1ccc(Br)cc1. The van der Waals surface area contributed by atoms with Crippen LogP contribution in [-0.4, -0.2) is 0 Å². The molecule has 0 radical (unpaired) electrons. The Kier molecular flexibility index (Phi) is 6.58. The molecule has 3 aromatic carbocycles. The molecule has 0 aliphatic rings. The molecule has 0 spiro atoms. The molecule has 0 saturated heterocycles. The summed E-state index contributed by atoms with van der Waals surface area (Å²) in [5.41, 5.74) is 3.09. The molecule has 0 bridgehead atoms. The normalized spacial score (nSPS) is 11.1. The van der Waals surface area contributed by atoms with Crippen LogP contribution in [0.4, 0.5) is 0 Å². The van der Waals surface area contributed by atoms with Gasteiger partial charge in [-0.3, -0.25) is 0 Å². The molecule has 0 aromatic heterocycles. The van der Waals surface area contributed by atoms with E-state index in [1.165, 1.54) is 0 Å². The molecule has 0 N–H and O–H groups in total. The van der Waals surface area contributed by atoms with Gasteiger partial charge in [-0.2, -0.15) is 5.26 Å². The zero-order valence-electron chi connectivity index (χ0n) is 14.1. The molecule has 0 amide bonds. The third-order valence-corrected chi connectivity index (χ3v) is 4.92. The minimum atomic E-state index is 0.373. The van der Waals surface area contributed by atoms with Gasteiger partial charge in [0.25, 0.3) is 0 Å². The first-order valence-electron chi connectivity index (χ1n) is 8.10. The molecule has 0 saturated carbocycles. The lowest BCUT2D eigenvalue weighted by atomic mass is 10.0. The van der Waals surface area contributed by atoms with Crippen LogP contribution in [0.2, 0.25) is 10.0 Å². The highest BCUT2D eigenvalue weighted by molar-refractivity contribution is 9.10. The van der Waals surface area contributed by atoms with Crippen LogP contribution in [0.1, 0.15) is 16.7 Å². The number of rotatable bonds is 5. The van der Waals surface area contributed by atoms with Crippen LogP contribution in [-0.2, 0) is 6.61 Å². The van der Waals surface area contributed by atoms with Crippen molar-refractivity contribution in [1.82, 2.24) is 0 Å². The molecule has 0 aliphatic heterocycles.